The molecule has 0 aliphatic carbocycles. The Morgan fingerprint density at radius 3 is 2.67 bits per heavy atom. The van der Waals surface area contributed by atoms with Crippen molar-refractivity contribution in [1.82, 2.24) is 0 Å². The van der Waals surface area contributed by atoms with Gasteiger partial charge >= 0.3 is 5.97 Å². The first-order valence-electron chi connectivity index (χ1n) is 4.34. The molecule has 1 rings (SSSR count). The maximum absolute atomic E-state index is 10.7. The van der Waals surface area contributed by atoms with Gasteiger partial charge in [-0.1, -0.05) is 18.2 Å². The number of carboxylic acid groups (broad SMARTS) is 1. The van der Waals surface area contributed by atoms with Gasteiger partial charge in [-0.05, 0) is 12.1 Å². The molecule has 0 bridgehead atoms. The summed E-state index contributed by atoms with van der Waals surface area (Å²) in [5.41, 5.74) is 0. The second kappa shape index (κ2) is 5.64. The summed E-state index contributed by atoms with van der Waals surface area (Å²) in [7, 11) is 0. The van der Waals surface area contributed by atoms with Crippen molar-refractivity contribution in [3.05, 3.63) is 30.3 Å². The van der Waals surface area contributed by atoms with Crippen molar-refractivity contribution < 1.29 is 19.8 Å². The van der Waals surface area contributed by atoms with Gasteiger partial charge in [-0.25, -0.2) is 4.79 Å². The van der Waals surface area contributed by atoms with E-state index in [2.05, 4.69) is 5.16 Å². The molecule has 80 valence electrons. The molecule has 0 spiro atoms. The fourth-order valence-electron chi connectivity index (χ4n) is 1.01. The Morgan fingerprint density at radius 1 is 1.47 bits per heavy atom. The SMILES string of the molecule is O=C(O)C(CC=NO)Oc1ccccc1. The number of para-hydroxylation sites is 1. The van der Waals surface area contributed by atoms with E-state index in [1.807, 2.05) is 0 Å². The van der Waals surface area contributed by atoms with E-state index in [1.54, 1.807) is 30.3 Å². The molecule has 1 aromatic carbocycles. The fraction of sp³-hybridized carbons (Fsp3) is 0.200. The summed E-state index contributed by atoms with van der Waals surface area (Å²) < 4.78 is 5.18. The van der Waals surface area contributed by atoms with Crippen molar-refractivity contribution in [1.29, 1.82) is 0 Å². The van der Waals surface area contributed by atoms with Gasteiger partial charge in [0.1, 0.15) is 5.75 Å². The van der Waals surface area contributed by atoms with Crippen LogP contribution in [0.5, 0.6) is 5.75 Å². The van der Waals surface area contributed by atoms with E-state index < -0.39 is 12.1 Å². The van der Waals surface area contributed by atoms with E-state index in [1.165, 1.54) is 0 Å². The topological polar surface area (TPSA) is 79.1 Å². The summed E-state index contributed by atoms with van der Waals surface area (Å²) in [4.78, 5) is 10.7. The molecule has 1 unspecified atom stereocenters. The number of carboxylic acids is 1. The van der Waals surface area contributed by atoms with Crippen LogP contribution in [0.1, 0.15) is 6.42 Å². The number of nitrogens with zero attached hydrogens (tertiary/aromatic N) is 1. The third-order valence-corrected chi connectivity index (χ3v) is 1.70. The monoisotopic (exact) mass is 209 g/mol. The van der Waals surface area contributed by atoms with Gasteiger partial charge in [0.2, 0.25) is 6.10 Å². The predicted molar refractivity (Wildman–Crippen MR) is 53.4 cm³/mol. The molecule has 15 heavy (non-hydrogen) atoms. The lowest BCUT2D eigenvalue weighted by Crippen LogP contribution is -2.27. The Morgan fingerprint density at radius 2 is 2.13 bits per heavy atom. The highest BCUT2D eigenvalue weighted by Gasteiger charge is 2.17. The zero-order valence-corrected chi connectivity index (χ0v) is 7.91. The number of ether oxygens (including phenoxy) is 1. The summed E-state index contributed by atoms with van der Waals surface area (Å²) in [5, 5.41) is 19.7. The van der Waals surface area contributed by atoms with Crippen molar-refractivity contribution >= 4 is 12.2 Å². The van der Waals surface area contributed by atoms with Crippen LogP contribution in [0.25, 0.3) is 0 Å². The largest absolute Gasteiger partial charge is 0.478 e. The minimum absolute atomic E-state index is 0.0146. The Bertz CT molecular complexity index is 337. The number of oxime groups is 1. The first-order chi connectivity index (χ1) is 7.24. The lowest BCUT2D eigenvalue weighted by molar-refractivity contribution is -0.144. The lowest BCUT2D eigenvalue weighted by atomic mass is 10.2. The zero-order chi connectivity index (χ0) is 11.1. The highest BCUT2D eigenvalue weighted by Crippen LogP contribution is 2.12. The van der Waals surface area contributed by atoms with Crippen molar-refractivity contribution in [3.8, 4) is 5.75 Å². The van der Waals surface area contributed by atoms with Gasteiger partial charge < -0.3 is 15.1 Å². The van der Waals surface area contributed by atoms with Crippen LogP contribution in [0.15, 0.2) is 35.5 Å². The minimum Gasteiger partial charge on any atom is -0.478 e. The van der Waals surface area contributed by atoms with Gasteiger partial charge in [0.15, 0.2) is 0 Å². The van der Waals surface area contributed by atoms with Crippen LogP contribution in [0.4, 0.5) is 0 Å². The van der Waals surface area contributed by atoms with Gasteiger partial charge in [-0.15, -0.1) is 5.16 Å². The molecule has 0 aliphatic rings. The molecule has 2 N–H and O–H groups in total. The molecule has 0 fully saturated rings. The van der Waals surface area contributed by atoms with E-state index in [-0.39, 0.29) is 6.42 Å². The van der Waals surface area contributed by atoms with Gasteiger partial charge in [0, 0.05) is 12.6 Å². The molecule has 5 heteroatoms. The van der Waals surface area contributed by atoms with Crippen molar-refractivity contribution in [3.63, 3.8) is 0 Å². The number of benzene rings is 1. The van der Waals surface area contributed by atoms with Crippen LogP contribution in [-0.2, 0) is 4.79 Å². The number of hydrogen-bond acceptors (Lipinski definition) is 4. The van der Waals surface area contributed by atoms with Gasteiger partial charge in [-0.2, -0.15) is 0 Å². The maximum Gasteiger partial charge on any atom is 0.345 e. The van der Waals surface area contributed by atoms with Gasteiger partial charge in [-0.3, -0.25) is 0 Å². The second-order valence-corrected chi connectivity index (χ2v) is 2.79. The summed E-state index contributed by atoms with van der Waals surface area (Å²) in [6, 6.07) is 8.61. The normalized spacial score (nSPS) is 12.5. The molecule has 0 saturated carbocycles. The third-order valence-electron chi connectivity index (χ3n) is 1.70. The molecular formula is C10H11NO4. The summed E-state index contributed by atoms with van der Waals surface area (Å²) >= 11 is 0. The summed E-state index contributed by atoms with van der Waals surface area (Å²) in [6.45, 7) is 0. The number of hydrogen-bond donors (Lipinski definition) is 2. The van der Waals surface area contributed by atoms with E-state index in [0.29, 0.717) is 5.75 Å². The quantitative estimate of drug-likeness (QED) is 0.436. The number of aliphatic carboxylic acids is 1. The molecule has 0 radical (unpaired) electrons. The standard InChI is InChI=1S/C10H11NO4/c12-10(13)9(6-7-11-14)15-8-4-2-1-3-5-8/h1-5,7,9,14H,6H2,(H,12,13). The van der Waals surface area contributed by atoms with Crippen LogP contribution in [0.2, 0.25) is 0 Å². The summed E-state index contributed by atoms with van der Waals surface area (Å²) in [5.74, 6) is -0.630. The fourth-order valence-corrected chi connectivity index (χ4v) is 1.01. The molecule has 5 nitrogen and oxygen atoms in total. The van der Waals surface area contributed by atoms with Gasteiger partial charge in [0.05, 0.1) is 0 Å². The molecule has 0 heterocycles. The Labute approximate surface area is 86.6 Å². The van der Waals surface area contributed by atoms with E-state index >= 15 is 0 Å². The maximum atomic E-state index is 10.7. The van der Waals surface area contributed by atoms with E-state index in [0.717, 1.165) is 6.21 Å². The zero-order valence-electron chi connectivity index (χ0n) is 7.91. The molecule has 0 aliphatic heterocycles. The van der Waals surface area contributed by atoms with Crippen molar-refractivity contribution in [2.75, 3.05) is 0 Å². The van der Waals surface area contributed by atoms with Crippen molar-refractivity contribution in [2.24, 2.45) is 5.16 Å². The van der Waals surface area contributed by atoms with Crippen LogP contribution in [-0.4, -0.2) is 28.6 Å². The highest BCUT2D eigenvalue weighted by atomic mass is 16.5. The summed E-state index contributed by atoms with van der Waals surface area (Å²) in [6.07, 6.45) is 0.0610. The van der Waals surface area contributed by atoms with E-state index in [9.17, 15) is 4.79 Å². The Kier molecular flexibility index (Phi) is 4.15. The Balaban J connectivity index is 2.63. The molecular weight excluding hydrogens is 198 g/mol. The molecule has 0 aromatic heterocycles. The average molecular weight is 209 g/mol. The number of carbonyl (C=O) groups is 1. The molecule has 1 atom stereocenters. The average Bonchev–Trinajstić information content (AvgIpc) is 2.25. The second-order valence-electron chi connectivity index (χ2n) is 2.79. The van der Waals surface area contributed by atoms with Crippen LogP contribution in [0, 0.1) is 0 Å². The van der Waals surface area contributed by atoms with E-state index in [4.69, 9.17) is 15.1 Å². The predicted octanol–water partition coefficient (Wildman–Crippen LogP) is 1.37. The number of rotatable bonds is 5. The van der Waals surface area contributed by atoms with Crippen molar-refractivity contribution in [2.45, 2.75) is 12.5 Å². The molecule has 1 aromatic rings. The van der Waals surface area contributed by atoms with Crippen LogP contribution < -0.4 is 4.74 Å². The highest BCUT2D eigenvalue weighted by molar-refractivity contribution is 5.77. The lowest BCUT2D eigenvalue weighted by Gasteiger charge is -2.12. The minimum atomic E-state index is -1.10. The molecule has 0 saturated heterocycles. The van der Waals surface area contributed by atoms with Gasteiger partial charge in [0.25, 0.3) is 0 Å². The molecule has 0 amide bonds. The van der Waals surface area contributed by atoms with Crippen LogP contribution in [0.3, 0.4) is 0 Å². The Hall–Kier alpha value is -2.04. The third kappa shape index (κ3) is 3.68. The first-order valence-corrected chi connectivity index (χ1v) is 4.34. The first kappa shape index (κ1) is 11.0. The smallest absolute Gasteiger partial charge is 0.345 e. The van der Waals surface area contributed by atoms with Crippen LogP contribution >= 0.6 is 0 Å².